The first kappa shape index (κ1) is 21.1. The molecule has 0 atom stereocenters. The molecule has 31 heavy (non-hydrogen) atoms. The maximum atomic E-state index is 13.7. The second-order valence-electron chi connectivity index (χ2n) is 8.14. The van der Waals surface area contributed by atoms with Crippen LogP contribution in [0.4, 0.5) is 5.69 Å². The summed E-state index contributed by atoms with van der Waals surface area (Å²) in [6.07, 6.45) is 0.843. The highest BCUT2D eigenvalue weighted by molar-refractivity contribution is 6.45. The molecule has 2 aliphatic heterocycles. The van der Waals surface area contributed by atoms with Crippen LogP contribution in [0, 0.1) is 6.92 Å². The summed E-state index contributed by atoms with van der Waals surface area (Å²) in [6, 6.07) is 15.1. The van der Waals surface area contributed by atoms with E-state index in [4.69, 9.17) is 4.74 Å². The lowest BCUT2D eigenvalue weighted by Gasteiger charge is -2.34. The van der Waals surface area contributed by atoms with Gasteiger partial charge in [0.1, 0.15) is 11.4 Å². The van der Waals surface area contributed by atoms with Crippen molar-refractivity contribution in [1.82, 2.24) is 9.80 Å². The molecule has 0 saturated carbocycles. The summed E-state index contributed by atoms with van der Waals surface area (Å²) in [4.78, 5) is 33.0. The summed E-state index contributed by atoms with van der Waals surface area (Å²) in [7, 11) is 2.07. The molecule has 0 N–H and O–H groups in total. The molecule has 6 heteroatoms. The van der Waals surface area contributed by atoms with E-state index in [1.165, 1.54) is 4.90 Å². The number of hydrogen-bond donors (Lipinski definition) is 0. The Bertz CT molecular complexity index is 1000. The first-order valence-electron chi connectivity index (χ1n) is 10.9. The van der Waals surface area contributed by atoms with Gasteiger partial charge in [-0.3, -0.25) is 9.59 Å². The smallest absolute Gasteiger partial charge is 0.282 e. The number of imide groups is 1. The van der Waals surface area contributed by atoms with Crippen LogP contribution in [0.3, 0.4) is 0 Å². The molecule has 0 radical (unpaired) electrons. The fraction of sp³-hybridized carbons (Fsp3) is 0.360. The molecule has 2 heterocycles. The Morgan fingerprint density at radius 1 is 0.903 bits per heavy atom. The Balaban J connectivity index is 1.79. The molecule has 0 aromatic heterocycles. The van der Waals surface area contributed by atoms with Crippen molar-refractivity contribution < 1.29 is 14.3 Å². The van der Waals surface area contributed by atoms with Crippen LogP contribution >= 0.6 is 0 Å². The molecule has 6 nitrogen and oxygen atoms in total. The van der Waals surface area contributed by atoms with Crippen LogP contribution in [0.1, 0.15) is 24.5 Å². The van der Waals surface area contributed by atoms with Gasteiger partial charge >= 0.3 is 0 Å². The zero-order valence-corrected chi connectivity index (χ0v) is 18.4. The number of rotatable bonds is 6. The summed E-state index contributed by atoms with van der Waals surface area (Å²) < 4.78 is 5.86. The molecule has 162 valence electrons. The van der Waals surface area contributed by atoms with Gasteiger partial charge < -0.3 is 14.5 Å². The van der Waals surface area contributed by atoms with E-state index >= 15 is 0 Å². The van der Waals surface area contributed by atoms with E-state index in [-0.39, 0.29) is 11.8 Å². The van der Waals surface area contributed by atoms with Gasteiger partial charge in [-0.25, -0.2) is 4.90 Å². The number of benzene rings is 2. The molecule has 0 spiro atoms. The Kier molecular flexibility index (Phi) is 6.09. The fourth-order valence-electron chi connectivity index (χ4n) is 4.02. The van der Waals surface area contributed by atoms with Crippen LogP contribution in [0.2, 0.25) is 0 Å². The molecular weight excluding hydrogens is 390 g/mol. The maximum absolute atomic E-state index is 13.7. The van der Waals surface area contributed by atoms with Gasteiger partial charge in [-0.2, -0.15) is 0 Å². The quantitative estimate of drug-likeness (QED) is 0.673. The van der Waals surface area contributed by atoms with Gasteiger partial charge in [0.05, 0.1) is 17.9 Å². The molecule has 2 aromatic rings. The normalized spacial score (nSPS) is 17.6. The van der Waals surface area contributed by atoms with Crippen molar-refractivity contribution in [3.8, 4) is 5.75 Å². The second-order valence-corrected chi connectivity index (χ2v) is 8.14. The lowest BCUT2D eigenvalue weighted by atomic mass is 10.0. The summed E-state index contributed by atoms with van der Waals surface area (Å²) in [5.74, 6) is -0.0260. The summed E-state index contributed by atoms with van der Waals surface area (Å²) in [5, 5.41) is 0. The van der Waals surface area contributed by atoms with Crippen LogP contribution in [-0.2, 0) is 9.59 Å². The number of ether oxygens (including phenoxy) is 1. The number of carbonyl (C=O) groups is 2. The number of hydrogen-bond acceptors (Lipinski definition) is 5. The van der Waals surface area contributed by atoms with Crippen LogP contribution < -0.4 is 9.64 Å². The van der Waals surface area contributed by atoms with Crippen LogP contribution in [-0.4, -0.2) is 61.4 Å². The van der Waals surface area contributed by atoms with E-state index < -0.39 is 0 Å². The monoisotopic (exact) mass is 419 g/mol. The number of aryl methyl sites for hydroxylation is 1. The van der Waals surface area contributed by atoms with Gasteiger partial charge in [0.2, 0.25) is 0 Å². The van der Waals surface area contributed by atoms with E-state index in [1.54, 1.807) is 6.07 Å². The average molecular weight is 420 g/mol. The third-order valence-corrected chi connectivity index (χ3v) is 5.79. The second kappa shape index (κ2) is 8.94. The molecule has 0 bridgehead atoms. The van der Waals surface area contributed by atoms with Gasteiger partial charge in [0.25, 0.3) is 11.8 Å². The third kappa shape index (κ3) is 4.08. The molecule has 0 aliphatic carbocycles. The SMILES string of the molecule is CCCOc1ccccc1N1C(=O)C(c2ccc(C)cc2)=C(N2CCN(C)CC2)C1=O. The lowest BCUT2D eigenvalue weighted by molar-refractivity contribution is -0.120. The molecule has 4 rings (SSSR count). The average Bonchev–Trinajstić information content (AvgIpc) is 3.03. The van der Waals surface area contributed by atoms with E-state index in [9.17, 15) is 9.59 Å². The molecular formula is C25H29N3O3. The Hall–Kier alpha value is -3.12. The number of likely N-dealkylation sites (N-methyl/N-ethyl adjacent to an activating group) is 1. The maximum Gasteiger partial charge on any atom is 0.282 e. The summed E-state index contributed by atoms with van der Waals surface area (Å²) >= 11 is 0. The van der Waals surface area contributed by atoms with Crippen molar-refractivity contribution in [3.63, 3.8) is 0 Å². The standard InChI is InChI=1S/C25H29N3O3/c1-4-17-31-21-8-6-5-7-20(21)28-24(29)22(19-11-9-18(2)10-12-19)23(25(28)30)27-15-13-26(3)14-16-27/h5-12H,4,13-17H2,1-3H3. The molecule has 2 amide bonds. The minimum absolute atomic E-state index is 0.280. The minimum atomic E-state index is -0.296. The Morgan fingerprint density at radius 2 is 1.58 bits per heavy atom. The summed E-state index contributed by atoms with van der Waals surface area (Å²) in [6.45, 7) is 7.68. The summed E-state index contributed by atoms with van der Waals surface area (Å²) in [5.41, 5.74) is 3.34. The van der Waals surface area contributed by atoms with Crippen molar-refractivity contribution >= 4 is 23.1 Å². The van der Waals surface area contributed by atoms with Crippen LogP contribution in [0.5, 0.6) is 5.75 Å². The minimum Gasteiger partial charge on any atom is -0.491 e. The largest absolute Gasteiger partial charge is 0.491 e. The van der Waals surface area contributed by atoms with E-state index in [0.29, 0.717) is 42.4 Å². The highest BCUT2D eigenvalue weighted by Gasteiger charge is 2.43. The van der Waals surface area contributed by atoms with Gasteiger partial charge in [-0.15, -0.1) is 0 Å². The number of nitrogens with zero attached hydrogens (tertiary/aromatic N) is 3. The first-order chi connectivity index (χ1) is 15.0. The third-order valence-electron chi connectivity index (χ3n) is 5.79. The van der Waals surface area contributed by atoms with E-state index in [0.717, 1.165) is 30.6 Å². The molecule has 0 unspecified atom stereocenters. The van der Waals surface area contributed by atoms with Gasteiger partial charge in [0, 0.05) is 26.2 Å². The molecule has 1 saturated heterocycles. The number of anilines is 1. The highest BCUT2D eigenvalue weighted by atomic mass is 16.5. The van der Waals surface area contributed by atoms with Crippen molar-refractivity contribution in [2.75, 3.05) is 44.7 Å². The van der Waals surface area contributed by atoms with E-state index in [1.807, 2.05) is 56.3 Å². The molecule has 2 aromatic carbocycles. The van der Waals surface area contributed by atoms with Crippen molar-refractivity contribution in [3.05, 3.63) is 65.4 Å². The van der Waals surface area contributed by atoms with Gasteiger partial charge in [-0.1, -0.05) is 48.9 Å². The van der Waals surface area contributed by atoms with Crippen molar-refractivity contribution in [2.24, 2.45) is 0 Å². The van der Waals surface area contributed by atoms with E-state index in [2.05, 4.69) is 16.8 Å². The van der Waals surface area contributed by atoms with Crippen molar-refractivity contribution in [2.45, 2.75) is 20.3 Å². The number of para-hydroxylation sites is 2. The van der Waals surface area contributed by atoms with Gasteiger partial charge in [-0.05, 0) is 38.1 Å². The van der Waals surface area contributed by atoms with Crippen LogP contribution in [0.25, 0.3) is 5.57 Å². The zero-order chi connectivity index (χ0) is 22.0. The number of piperazine rings is 1. The highest BCUT2D eigenvalue weighted by Crippen LogP contribution is 2.38. The molecule has 2 aliphatic rings. The predicted molar refractivity (Wildman–Crippen MR) is 122 cm³/mol. The zero-order valence-electron chi connectivity index (χ0n) is 18.4. The number of carbonyl (C=O) groups excluding carboxylic acids is 2. The number of amides is 2. The predicted octanol–water partition coefficient (Wildman–Crippen LogP) is 3.32. The van der Waals surface area contributed by atoms with Crippen molar-refractivity contribution in [1.29, 1.82) is 0 Å². The topological polar surface area (TPSA) is 53.1 Å². The first-order valence-corrected chi connectivity index (χ1v) is 10.9. The lowest BCUT2D eigenvalue weighted by Crippen LogP contribution is -2.46. The Morgan fingerprint density at radius 3 is 2.26 bits per heavy atom. The van der Waals surface area contributed by atoms with Crippen LogP contribution in [0.15, 0.2) is 54.2 Å². The molecule has 1 fully saturated rings. The van der Waals surface area contributed by atoms with Gasteiger partial charge in [0.15, 0.2) is 0 Å². The Labute approximate surface area is 183 Å². The fourth-order valence-corrected chi connectivity index (χ4v) is 4.02.